The van der Waals surface area contributed by atoms with Crippen LogP contribution in [0.5, 0.6) is 11.5 Å². The van der Waals surface area contributed by atoms with Gasteiger partial charge in [0.05, 0.1) is 12.0 Å². The number of carbonyl (C=O) groups is 2. The van der Waals surface area contributed by atoms with E-state index in [1.165, 1.54) is 0 Å². The van der Waals surface area contributed by atoms with Gasteiger partial charge in [-0.2, -0.15) is 0 Å². The van der Waals surface area contributed by atoms with E-state index in [1.807, 2.05) is 37.3 Å². The van der Waals surface area contributed by atoms with Crippen LogP contribution in [0.1, 0.15) is 24.9 Å². The summed E-state index contributed by atoms with van der Waals surface area (Å²) in [5.74, 6) is 0.776. The molecule has 2 atom stereocenters. The van der Waals surface area contributed by atoms with Crippen LogP contribution < -0.4 is 14.8 Å². The van der Waals surface area contributed by atoms with Gasteiger partial charge >= 0.3 is 0 Å². The summed E-state index contributed by atoms with van der Waals surface area (Å²) in [6, 6.07) is 15.1. The third-order valence-corrected chi connectivity index (χ3v) is 4.92. The van der Waals surface area contributed by atoms with Crippen LogP contribution >= 0.6 is 0 Å². The molecule has 2 heterocycles. The highest BCUT2D eigenvalue weighted by atomic mass is 16.7. The zero-order valence-electron chi connectivity index (χ0n) is 14.5. The molecule has 2 aromatic rings. The highest BCUT2D eigenvalue weighted by Crippen LogP contribution is 2.35. The Morgan fingerprint density at radius 1 is 1.15 bits per heavy atom. The second-order valence-corrected chi connectivity index (χ2v) is 6.59. The van der Waals surface area contributed by atoms with Crippen molar-refractivity contribution in [2.24, 2.45) is 5.92 Å². The Balaban J connectivity index is 1.42. The van der Waals surface area contributed by atoms with Crippen LogP contribution in [0.3, 0.4) is 0 Å². The van der Waals surface area contributed by atoms with Crippen LogP contribution in [-0.2, 0) is 9.59 Å². The topological polar surface area (TPSA) is 67.9 Å². The average molecular weight is 352 g/mol. The van der Waals surface area contributed by atoms with E-state index >= 15 is 0 Å². The SMILES string of the molecule is C[C@@H](c1ccccc1)N1C[C@@H](C(=O)Nc2ccc3c(c2)OCO3)CC1=O. The number of hydrogen-bond acceptors (Lipinski definition) is 4. The molecule has 0 saturated carbocycles. The minimum absolute atomic E-state index is 0.00666. The van der Waals surface area contributed by atoms with E-state index in [9.17, 15) is 9.59 Å². The molecule has 4 rings (SSSR count). The zero-order valence-corrected chi connectivity index (χ0v) is 14.5. The summed E-state index contributed by atoms with van der Waals surface area (Å²) in [5, 5.41) is 2.88. The number of likely N-dealkylation sites (tertiary alicyclic amines) is 1. The molecule has 2 amide bonds. The summed E-state index contributed by atoms with van der Waals surface area (Å²) in [6.07, 6.45) is 0.230. The smallest absolute Gasteiger partial charge is 0.231 e. The monoisotopic (exact) mass is 352 g/mol. The maximum Gasteiger partial charge on any atom is 0.231 e. The van der Waals surface area contributed by atoms with Gasteiger partial charge in [-0.15, -0.1) is 0 Å². The quantitative estimate of drug-likeness (QED) is 0.919. The molecule has 2 aliphatic rings. The Morgan fingerprint density at radius 3 is 2.73 bits per heavy atom. The van der Waals surface area contributed by atoms with Crippen LogP contribution in [0.2, 0.25) is 0 Å². The standard InChI is InChI=1S/C20H20N2O4/c1-13(14-5-3-2-4-6-14)22-11-15(9-19(22)23)20(24)21-16-7-8-17-18(10-16)26-12-25-17/h2-8,10,13,15H,9,11-12H2,1H3,(H,21,24)/t13-,15-/m0/s1. The molecule has 6 nitrogen and oxygen atoms in total. The van der Waals surface area contributed by atoms with Crippen LogP contribution in [-0.4, -0.2) is 30.1 Å². The van der Waals surface area contributed by atoms with Gasteiger partial charge in [0, 0.05) is 24.7 Å². The Hall–Kier alpha value is -3.02. The molecule has 26 heavy (non-hydrogen) atoms. The number of benzene rings is 2. The fourth-order valence-electron chi connectivity index (χ4n) is 3.41. The van der Waals surface area contributed by atoms with Gasteiger partial charge in [-0.3, -0.25) is 9.59 Å². The van der Waals surface area contributed by atoms with Crippen molar-refractivity contribution in [1.82, 2.24) is 4.90 Å². The van der Waals surface area contributed by atoms with Gasteiger partial charge in [0.25, 0.3) is 0 Å². The van der Waals surface area contributed by atoms with Gasteiger partial charge < -0.3 is 19.7 Å². The van der Waals surface area contributed by atoms with Crippen molar-refractivity contribution in [1.29, 1.82) is 0 Å². The third kappa shape index (κ3) is 3.10. The number of hydrogen-bond donors (Lipinski definition) is 1. The van der Waals surface area contributed by atoms with Gasteiger partial charge in [0.1, 0.15) is 0 Å². The normalized spacial score (nSPS) is 19.5. The van der Waals surface area contributed by atoms with E-state index in [1.54, 1.807) is 23.1 Å². The molecule has 0 bridgehead atoms. The molecule has 6 heteroatoms. The fraction of sp³-hybridized carbons (Fsp3) is 0.300. The molecule has 1 saturated heterocycles. The van der Waals surface area contributed by atoms with Gasteiger partial charge in [0.15, 0.2) is 11.5 Å². The zero-order chi connectivity index (χ0) is 18.1. The number of ether oxygens (including phenoxy) is 2. The lowest BCUT2D eigenvalue weighted by Gasteiger charge is -2.25. The second-order valence-electron chi connectivity index (χ2n) is 6.59. The Labute approximate surface area is 151 Å². The van der Waals surface area contributed by atoms with Crippen LogP contribution in [0.25, 0.3) is 0 Å². The summed E-state index contributed by atoms with van der Waals surface area (Å²) in [4.78, 5) is 26.8. The summed E-state index contributed by atoms with van der Waals surface area (Å²) >= 11 is 0. The molecule has 134 valence electrons. The largest absolute Gasteiger partial charge is 0.454 e. The van der Waals surface area contributed by atoms with Crippen LogP contribution in [0.15, 0.2) is 48.5 Å². The molecule has 0 aromatic heterocycles. The lowest BCUT2D eigenvalue weighted by atomic mass is 10.1. The molecule has 0 spiro atoms. The number of nitrogens with zero attached hydrogens (tertiary/aromatic N) is 1. The molecule has 1 N–H and O–H groups in total. The first-order valence-corrected chi connectivity index (χ1v) is 8.67. The molecular weight excluding hydrogens is 332 g/mol. The number of amides is 2. The van der Waals surface area contributed by atoms with Crippen molar-refractivity contribution in [3.8, 4) is 11.5 Å². The summed E-state index contributed by atoms with van der Waals surface area (Å²) in [5.41, 5.74) is 1.71. The van der Waals surface area contributed by atoms with Crippen LogP contribution in [0, 0.1) is 5.92 Å². The Kier molecular flexibility index (Phi) is 4.24. The van der Waals surface area contributed by atoms with Gasteiger partial charge in [-0.05, 0) is 24.6 Å². The maximum atomic E-state index is 12.6. The predicted octanol–water partition coefficient (Wildman–Crippen LogP) is 2.96. The summed E-state index contributed by atoms with van der Waals surface area (Å²) < 4.78 is 10.6. The van der Waals surface area contributed by atoms with Crippen molar-refractivity contribution in [3.05, 3.63) is 54.1 Å². The fourth-order valence-corrected chi connectivity index (χ4v) is 3.41. The molecule has 2 aliphatic heterocycles. The van der Waals surface area contributed by atoms with Crippen molar-refractivity contribution < 1.29 is 19.1 Å². The van der Waals surface area contributed by atoms with Gasteiger partial charge in [0.2, 0.25) is 18.6 Å². The van der Waals surface area contributed by atoms with Crippen molar-refractivity contribution in [3.63, 3.8) is 0 Å². The highest BCUT2D eigenvalue weighted by molar-refractivity contribution is 5.97. The van der Waals surface area contributed by atoms with E-state index in [0.29, 0.717) is 23.7 Å². The third-order valence-electron chi connectivity index (χ3n) is 4.92. The molecule has 0 radical (unpaired) electrons. The summed E-state index contributed by atoms with van der Waals surface area (Å²) in [6.45, 7) is 2.60. The molecular formula is C20H20N2O4. The first-order valence-electron chi connectivity index (χ1n) is 8.67. The van der Waals surface area contributed by atoms with Crippen LogP contribution in [0.4, 0.5) is 5.69 Å². The number of nitrogens with one attached hydrogen (secondary N) is 1. The first-order chi connectivity index (χ1) is 12.6. The van der Waals surface area contributed by atoms with E-state index in [-0.39, 0.29) is 37.0 Å². The second kappa shape index (κ2) is 6.71. The highest BCUT2D eigenvalue weighted by Gasteiger charge is 2.37. The maximum absolute atomic E-state index is 12.6. The molecule has 2 aromatic carbocycles. The number of anilines is 1. The molecule has 0 unspecified atom stereocenters. The first kappa shape index (κ1) is 16.4. The Bertz CT molecular complexity index is 837. The number of fused-ring (bicyclic) bond motifs is 1. The molecule has 0 aliphatic carbocycles. The van der Waals surface area contributed by atoms with Gasteiger partial charge in [-0.25, -0.2) is 0 Å². The lowest BCUT2D eigenvalue weighted by Crippen LogP contribution is -2.30. The average Bonchev–Trinajstić information content (AvgIpc) is 3.28. The lowest BCUT2D eigenvalue weighted by molar-refractivity contribution is -0.129. The predicted molar refractivity (Wildman–Crippen MR) is 95.9 cm³/mol. The van der Waals surface area contributed by atoms with Crippen molar-refractivity contribution in [2.45, 2.75) is 19.4 Å². The molecule has 1 fully saturated rings. The summed E-state index contributed by atoms with van der Waals surface area (Å²) in [7, 11) is 0. The minimum atomic E-state index is -0.362. The van der Waals surface area contributed by atoms with Gasteiger partial charge in [-0.1, -0.05) is 30.3 Å². The number of carbonyl (C=O) groups excluding carboxylic acids is 2. The number of rotatable bonds is 4. The van der Waals surface area contributed by atoms with E-state index in [4.69, 9.17) is 9.47 Å². The Morgan fingerprint density at radius 2 is 1.92 bits per heavy atom. The van der Waals surface area contributed by atoms with E-state index in [0.717, 1.165) is 5.56 Å². The minimum Gasteiger partial charge on any atom is -0.454 e. The van der Waals surface area contributed by atoms with E-state index < -0.39 is 0 Å². The van der Waals surface area contributed by atoms with Crippen molar-refractivity contribution >= 4 is 17.5 Å². The van der Waals surface area contributed by atoms with E-state index in [2.05, 4.69) is 5.32 Å². The van der Waals surface area contributed by atoms with Crippen molar-refractivity contribution in [2.75, 3.05) is 18.7 Å².